The highest BCUT2D eigenvalue weighted by Gasteiger charge is 2.20. The third-order valence-corrected chi connectivity index (χ3v) is 6.14. The average Bonchev–Trinajstić information content (AvgIpc) is 3.38. The van der Waals surface area contributed by atoms with Crippen LogP contribution < -0.4 is 15.8 Å². The fraction of sp³-hybridized carbons (Fsp3) is 0.400. The molecular weight excluding hydrogens is 434 g/mol. The Morgan fingerprint density at radius 3 is 2.62 bits per heavy atom. The zero-order valence-electron chi connectivity index (χ0n) is 19.0. The molecule has 178 valence electrons. The minimum absolute atomic E-state index is 0.0396. The predicted molar refractivity (Wildman–Crippen MR) is 129 cm³/mol. The number of hydrogen-bond donors (Lipinski definition) is 2. The van der Waals surface area contributed by atoms with Crippen LogP contribution in [0, 0.1) is 0 Å². The van der Waals surface area contributed by atoms with Crippen molar-refractivity contribution in [2.45, 2.75) is 12.5 Å². The Balaban J connectivity index is 1.28. The Hall–Kier alpha value is -3.27. The molecule has 2 aliphatic rings. The number of nitrogen functional groups attached to an aromatic ring is 1. The van der Waals surface area contributed by atoms with Crippen molar-refractivity contribution in [1.29, 1.82) is 0 Å². The number of nitrogens with zero attached hydrogens (tertiary/aromatic N) is 3. The van der Waals surface area contributed by atoms with E-state index in [1.807, 2.05) is 42.5 Å². The van der Waals surface area contributed by atoms with E-state index < -0.39 is 0 Å². The van der Waals surface area contributed by atoms with Crippen LogP contribution in [0.3, 0.4) is 0 Å². The molecule has 3 heterocycles. The van der Waals surface area contributed by atoms with Crippen molar-refractivity contribution in [3.05, 3.63) is 48.0 Å². The molecule has 2 fully saturated rings. The Morgan fingerprint density at radius 1 is 1.06 bits per heavy atom. The summed E-state index contributed by atoms with van der Waals surface area (Å²) in [6.45, 7) is 6.00. The fourth-order valence-corrected chi connectivity index (χ4v) is 4.22. The summed E-state index contributed by atoms with van der Waals surface area (Å²) >= 11 is 0. The van der Waals surface area contributed by atoms with E-state index in [0.29, 0.717) is 31.2 Å². The van der Waals surface area contributed by atoms with Crippen molar-refractivity contribution in [3.8, 4) is 17.0 Å². The molecule has 9 nitrogen and oxygen atoms in total. The fourth-order valence-electron chi connectivity index (χ4n) is 4.22. The number of nitrogens with one attached hydrogen (secondary N) is 1. The van der Waals surface area contributed by atoms with Crippen LogP contribution in [-0.4, -0.2) is 79.5 Å². The first-order valence-electron chi connectivity index (χ1n) is 11.7. The predicted octanol–water partition coefficient (Wildman–Crippen LogP) is 2.11. The van der Waals surface area contributed by atoms with Gasteiger partial charge in [0, 0.05) is 38.2 Å². The highest BCUT2D eigenvalue weighted by Crippen LogP contribution is 2.30. The number of benzene rings is 2. The molecule has 2 aliphatic heterocycles. The molecule has 1 amide bonds. The molecule has 2 saturated heterocycles. The second-order valence-corrected chi connectivity index (χ2v) is 8.51. The van der Waals surface area contributed by atoms with Gasteiger partial charge in [-0.25, -0.2) is 4.98 Å². The van der Waals surface area contributed by atoms with Gasteiger partial charge in [0.25, 0.3) is 5.91 Å². The molecule has 0 unspecified atom stereocenters. The Bertz CT molecular complexity index is 1140. The van der Waals surface area contributed by atoms with Crippen molar-refractivity contribution in [2.24, 2.45) is 0 Å². The SMILES string of the molecule is Nc1nc(O[C@@H]2CCOC2)c2cc(-c3ccc(C(=O)NCCN4CCOCC4)cc3)ccc2n1. The van der Waals surface area contributed by atoms with E-state index in [9.17, 15) is 4.79 Å². The quantitative estimate of drug-likeness (QED) is 0.548. The van der Waals surface area contributed by atoms with Gasteiger partial charge in [0.1, 0.15) is 6.10 Å². The van der Waals surface area contributed by atoms with Crippen molar-refractivity contribution in [2.75, 3.05) is 58.3 Å². The number of aromatic nitrogens is 2. The van der Waals surface area contributed by atoms with E-state index in [-0.39, 0.29) is 18.0 Å². The smallest absolute Gasteiger partial charge is 0.251 e. The van der Waals surface area contributed by atoms with Crippen LogP contribution in [0.5, 0.6) is 5.88 Å². The van der Waals surface area contributed by atoms with E-state index >= 15 is 0 Å². The number of fused-ring (bicyclic) bond motifs is 1. The van der Waals surface area contributed by atoms with Gasteiger partial charge in [-0.05, 0) is 35.4 Å². The first-order chi connectivity index (χ1) is 16.7. The summed E-state index contributed by atoms with van der Waals surface area (Å²) in [5.41, 5.74) is 9.21. The number of nitrogens with two attached hydrogens (primary N) is 1. The third-order valence-electron chi connectivity index (χ3n) is 6.14. The standard InChI is InChI=1S/C25H29N5O4/c26-25-28-22-6-5-19(15-21(22)24(29-25)34-20-7-12-33-16-20)17-1-3-18(4-2-17)23(31)27-8-9-30-10-13-32-14-11-30/h1-6,15,20H,7-14,16H2,(H,27,31)(H2,26,28,29)/t20-/m1/s1. The number of rotatable bonds is 7. The lowest BCUT2D eigenvalue weighted by Gasteiger charge is -2.26. The normalized spacial score (nSPS) is 18.8. The second kappa shape index (κ2) is 10.3. The number of anilines is 1. The maximum atomic E-state index is 12.5. The number of amides is 1. The Morgan fingerprint density at radius 2 is 1.85 bits per heavy atom. The second-order valence-electron chi connectivity index (χ2n) is 8.51. The molecule has 34 heavy (non-hydrogen) atoms. The molecule has 9 heteroatoms. The van der Waals surface area contributed by atoms with Crippen LogP contribution in [0.1, 0.15) is 16.8 Å². The molecule has 0 radical (unpaired) electrons. The summed E-state index contributed by atoms with van der Waals surface area (Å²) in [5, 5.41) is 3.80. The molecule has 2 aromatic carbocycles. The van der Waals surface area contributed by atoms with E-state index in [0.717, 1.165) is 61.3 Å². The monoisotopic (exact) mass is 463 g/mol. The summed E-state index contributed by atoms with van der Waals surface area (Å²) in [6.07, 6.45) is 0.781. The van der Waals surface area contributed by atoms with Crippen LogP contribution in [0.15, 0.2) is 42.5 Å². The average molecular weight is 464 g/mol. The minimum Gasteiger partial charge on any atom is -0.471 e. The van der Waals surface area contributed by atoms with E-state index in [2.05, 4.69) is 20.2 Å². The van der Waals surface area contributed by atoms with Crippen molar-refractivity contribution in [1.82, 2.24) is 20.2 Å². The highest BCUT2D eigenvalue weighted by molar-refractivity contribution is 5.95. The minimum atomic E-state index is -0.0725. The molecule has 1 aromatic heterocycles. The largest absolute Gasteiger partial charge is 0.471 e. The Labute approximate surface area is 198 Å². The number of carbonyl (C=O) groups excluding carboxylic acids is 1. The molecule has 1 atom stereocenters. The maximum absolute atomic E-state index is 12.5. The molecule has 0 saturated carbocycles. The van der Waals surface area contributed by atoms with Gasteiger partial charge in [-0.3, -0.25) is 9.69 Å². The molecular formula is C25H29N5O4. The first-order valence-corrected chi connectivity index (χ1v) is 11.7. The van der Waals surface area contributed by atoms with Gasteiger partial charge in [-0.2, -0.15) is 4.98 Å². The van der Waals surface area contributed by atoms with Gasteiger partial charge in [-0.15, -0.1) is 0 Å². The van der Waals surface area contributed by atoms with E-state index in [4.69, 9.17) is 19.9 Å². The Kier molecular flexibility index (Phi) is 6.84. The van der Waals surface area contributed by atoms with Gasteiger partial charge in [-0.1, -0.05) is 18.2 Å². The lowest BCUT2D eigenvalue weighted by Crippen LogP contribution is -2.41. The molecule has 0 spiro atoms. The summed E-state index contributed by atoms with van der Waals surface area (Å²) in [7, 11) is 0. The number of hydrogen-bond acceptors (Lipinski definition) is 8. The van der Waals surface area contributed by atoms with Crippen LogP contribution in [0.25, 0.3) is 22.0 Å². The molecule has 5 rings (SSSR count). The van der Waals surface area contributed by atoms with Crippen LogP contribution in [-0.2, 0) is 9.47 Å². The number of carbonyl (C=O) groups is 1. The van der Waals surface area contributed by atoms with Gasteiger partial charge in [0.05, 0.1) is 37.3 Å². The van der Waals surface area contributed by atoms with Crippen LogP contribution in [0.4, 0.5) is 5.95 Å². The lowest BCUT2D eigenvalue weighted by molar-refractivity contribution is 0.0383. The van der Waals surface area contributed by atoms with Crippen molar-refractivity contribution < 1.29 is 19.0 Å². The third kappa shape index (κ3) is 5.27. The summed E-state index contributed by atoms with van der Waals surface area (Å²) in [5.74, 6) is 0.575. The topological polar surface area (TPSA) is 112 Å². The lowest BCUT2D eigenvalue weighted by atomic mass is 10.0. The van der Waals surface area contributed by atoms with Crippen LogP contribution >= 0.6 is 0 Å². The first kappa shape index (κ1) is 22.5. The number of ether oxygens (including phenoxy) is 3. The zero-order valence-corrected chi connectivity index (χ0v) is 19.0. The van der Waals surface area contributed by atoms with Gasteiger partial charge >= 0.3 is 0 Å². The summed E-state index contributed by atoms with van der Waals surface area (Å²) < 4.78 is 16.8. The summed E-state index contributed by atoms with van der Waals surface area (Å²) in [4.78, 5) is 23.5. The highest BCUT2D eigenvalue weighted by atomic mass is 16.5. The molecule has 0 aliphatic carbocycles. The molecule has 0 bridgehead atoms. The summed E-state index contributed by atoms with van der Waals surface area (Å²) in [6, 6.07) is 13.5. The van der Waals surface area contributed by atoms with E-state index in [1.54, 1.807) is 0 Å². The number of morpholine rings is 1. The van der Waals surface area contributed by atoms with Crippen molar-refractivity contribution >= 4 is 22.8 Å². The molecule has 3 aromatic rings. The maximum Gasteiger partial charge on any atom is 0.251 e. The van der Waals surface area contributed by atoms with Crippen LogP contribution in [0.2, 0.25) is 0 Å². The van der Waals surface area contributed by atoms with E-state index in [1.165, 1.54) is 0 Å². The zero-order chi connectivity index (χ0) is 23.3. The molecule has 3 N–H and O–H groups in total. The van der Waals surface area contributed by atoms with Gasteiger partial charge in [0.2, 0.25) is 11.8 Å². The van der Waals surface area contributed by atoms with Crippen molar-refractivity contribution in [3.63, 3.8) is 0 Å². The van der Waals surface area contributed by atoms with Gasteiger partial charge < -0.3 is 25.3 Å². The van der Waals surface area contributed by atoms with Gasteiger partial charge in [0.15, 0.2) is 0 Å².